The van der Waals surface area contributed by atoms with E-state index in [0.717, 1.165) is 6.42 Å². The van der Waals surface area contributed by atoms with E-state index in [1.54, 1.807) is 0 Å². The number of halogens is 1. The molecule has 0 radical (unpaired) electrons. The van der Waals surface area contributed by atoms with Gasteiger partial charge < -0.3 is 0 Å². The van der Waals surface area contributed by atoms with Crippen LogP contribution in [0.3, 0.4) is 0 Å². The lowest BCUT2D eigenvalue weighted by Crippen LogP contribution is -2.49. The van der Waals surface area contributed by atoms with Gasteiger partial charge >= 0.3 is 0 Å². The summed E-state index contributed by atoms with van der Waals surface area (Å²) >= 11 is 2.42. The Hall–Kier alpha value is -0.570. The Morgan fingerprint density at radius 3 is 2.05 bits per heavy atom. The van der Waals surface area contributed by atoms with Gasteiger partial charge in [0.15, 0.2) is 0 Å². The number of benzene rings is 1. The predicted octanol–water partition coefficient (Wildman–Crippen LogP) is 6.28. The van der Waals surface area contributed by atoms with E-state index in [9.17, 15) is 0 Å². The fourth-order valence-electron chi connectivity index (χ4n) is 3.69. The van der Waals surface area contributed by atoms with Crippen molar-refractivity contribution >= 4 is 22.6 Å². The standard InChI is InChI=1S/C19H25I/c1-17(2,3)19(13-11-16(20)12-14-19)18(4,5)15-9-7-6-8-10-15/h6-13H,14H2,1-5H3. The first-order valence-corrected chi connectivity index (χ1v) is 8.39. The normalized spacial score (nSPS) is 23.6. The van der Waals surface area contributed by atoms with Crippen molar-refractivity contribution < 1.29 is 0 Å². The van der Waals surface area contributed by atoms with Crippen LogP contribution in [0.5, 0.6) is 0 Å². The van der Waals surface area contributed by atoms with Crippen LogP contribution in [0.2, 0.25) is 0 Å². The molecule has 0 saturated heterocycles. The molecule has 0 N–H and O–H groups in total. The summed E-state index contributed by atoms with van der Waals surface area (Å²) in [7, 11) is 0. The zero-order chi connectivity index (χ0) is 15.0. The van der Waals surface area contributed by atoms with E-state index in [-0.39, 0.29) is 16.2 Å². The number of allylic oxidation sites excluding steroid dienone is 4. The molecule has 1 heteroatoms. The fraction of sp³-hybridized carbons (Fsp3) is 0.474. The lowest BCUT2D eigenvalue weighted by molar-refractivity contribution is 0.0592. The minimum absolute atomic E-state index is 0.0941. The van der Waals surface area contributed by atoms with E-state index in [1.165, 1.54) is 9.14 Å². The molecule has 0 aliphatic heterocycles. The summed E-state index contributed by atoms with van der Waals surface area (Å²) in [5, 5.41) is 0. The van der Waals surface area contributed by atoms with Crippen LogP contribution in [0.15, 0.2) is 52.1 Å². The highest BCUT2D eigenvalue weighted by atomic mass is 127. The summed E-state index contributed by atoms with van der Waals surface area (Å²) in [4.78, 5) is 0. The Morgan fingerprint density at radius 1 is 1.00 bits per heavy atom. The van der Waals surface area contributed by atoms with Crippen molar-refractivity contribution in [1.82, 2.24) is 0 Å². The molecule has 20 heavy (non-hydrogen) atoms. The maximum absolute atomic E-state index is 2.46. The average Bonchev–Trinajstić information content (AvgIpc) is 2.39. The molecular formula is C19H25I. The van der Waals surface area contributed by atoms with Gasteiger partial charge in [0.25, 0.3) is 0 Å². The Balaban J connectivity index is 2.57. The van der Waals surface area contributed by atoms with Crippen LogP contribution in [0.25, 0.3) is 0 Å². The Bertz CT molecular complexity index is 529. The second kappa shape index (κ2) is 5.32. The van der Waals surface area contributed by atoms with Gasteiger partial charge in [-0.1, -0.05) is 83.2 Å². The minimum Gasteiger partial charge on any atom is -0.0756 e. The summed E-state index contributed by atoms with van der Waals surface area (Å²) in [6.07, 6.45) is 8.24. The number of hydrogen-bond donors (Lipinski definition) is 0. The Kier molecular flexibility index (Phi) is 4.21. The van der Waals surface area contributed by atoms with Gasteiger partial charge in [0.05, 0.1) is 0 Å². The maximum Gasteiger partial charge on any atom is 0.00873 e. The first kappa shape index (κ1) is 15.8. The monoisotopic (exact) mass is 380 g/mol. The van der Waals surface area contributed by atoms with E-state index in [1.807, 2.05) is 0 Å². The summed E-state index contributed by atoms with van der Waals surface area (Å²) in [6, 6.07) is 10.9. The molecule has 0 amide bonds. The highest BCUT2D eigenvalue weighted by Crippen LogP contribution is 2.57. The molecule has 1 aromatic rings. The van der Waals surface area contributed by atoms with Crippen molar-refractivity contribution in [3.05, 3.63) is 57.7 Å². The molecule has 0 fully saturated rings. The van der Waals surface area contributed by atoms with Crippen LogP contribution in [-0.4, -0.2) is 0 Å². The molecule has 0 bridgehead atoms. The zero-order valence-corrected chi connectivity index (χ0v) is 15.4. The van der Waals surface area contributed by atoms with Crippen LogP contribution < -0.4 is 0 Å². The third-order valence-corrected chi connectivity index (χ3v) is 5.90. The summed E-state index contributed by atoms with van der Waals surface area (Å²) in [6.45, 7) is 11.9. The molecule has 1 aliphatic rings. The minimum atomic E-state index is 0.0941. The molecule has 1 unspecified atom stereocenters. The van der Waals surface area contributed by atoms with Crippen molar-refractivity contribution in [2.24, 2.45) is 10.8 Å². The van der Waals surface area contributed by atoms with Crippen molar-refractivity contribution in [3.63, 3.8) is 0 Å². The largest absolute Gasteiger partial charge is 0.0756 e. The van der Waals surface area contributed by atoms with Gasteiger partial charge in [-0.25, -0.2) is 0 Å². The van der Waals surface area contributed by atoms with Gasteiger partial charge in [0.2, 0.25) is 0 Å². The van der Waals surface area contributed by atoms with Crippen LogP contribution >= 0.6 is 22.6 Å². The van der Waals surface area contributed by atoms with Crippen molar-refractivity contribution in [1.29, 1.82) is 0 Å². The molecule has 0 spiro atoms. The smallest absolute Gasteiger partial charge is 0.00873 e. The first-order valence-electron chi connectivity index (χ1n) is 7.31. The molecule has 0 heterocycles. The van der Waals surface area contributed by atoms with Crippen molar-refractivity contribution in [2.45, 2.75) is 46.5 Å². The highest BCUT2D eigenvalue weighted by Gasteiger charge is 2.51. The quantitative estimate of drug-likeness (QED) is 0.530. The molecule has 2 rings (SSSR count). The van der Waals surface area contributed by atoms with Crippen molar-refractivity contribution in [2.75, 3.05) is 0 Å². The molecular weight excluding hydrogens is 355 g/mol. The first-order chi connectivity index (χ1) is 9.21. The van der Waals surface area contributed by atoms with Gasteiger partial charge in [-0.2, -0.15) is 0 Å². The summed E-state index contributed by atoms with van der Waals surface area (Å²) in [5.74, 6) is 0. The predicted molar refractivity (Wildman–Crippen MR) is 97.2 cm³/mol. The lowest BCUT2D eigenvalue weighted by Gasteiger charge is -2.54. The molecule has 108 valence electrons. The maximum atomic E-state index is 2.46. The third-order valence-electron chi connectivity index (χ3n) is 5.10. The van der Waals surface area contributed by atoms with Crippen LogP contribution in [0.1, 0.15) is 46.6 Å². The van der Waals surface area contributed by atoms with E-state index >= 15 is 0 Å². The van der Waals surface area contributed by atoms with Gasteiger partial charge in [0.1, 0.15) is 0 Å². The molecule has 0 aromatic heterocycles. The van der Waals surface area contributed by atoms with Gasteiger partial charge in [-0.3, -0.25) is 0 Å². The lowest BCUT2D eigenvalue weighted by atomic mass is 9.49. The topological polar surface area (TPSA) is 0 Å². The van der Waals surface area contributed by atoms with Gasteiger partial charge in [-0.05, 0) is 45.4 Å². The van der Waals surface area contributed by atoms with E-state index in [4.69, 9.17) is 0 Å². The van der Waals surface area contributed by atoms with E-state index in [2.05, 4.69) is 106 Å². The van der Waals surface area contributed by atoms with Crippen LogP contribution in [-0.2, 0) is 5.41 Å². The summed E-state index contributed by atoms with van der Waals surface area (Å²) < 4.78 is 1.35. The molecule has 1 aliphatic carbocycles. The second-order valence-electron chi connectivity index (χ2n) is 7.34. The van der Waals surface area contributed by atoms with E-state index < -0.39 is 0 Å². The van der Waals surface area contributed by atoms with E-state index in [0.29, 0.717) is 0 Å². The third kappa shape index (κ3) is 2.49. The van der Waals surface area contributed by atoms with Gasteiger partial charge in [0, 0.05) is 8.99 Å². The molecule has 0 saturated carbocycles. The SMILES string of the molecule is CC(C)(C)C1(C(C)(C)c2ccccc2)C=CC(I)=CC1. The van der Waals surface area contributed by atoms with Crippen LogP contribution in [0.4, 0.5) is 0 Å². The molecule has 1 aromatic carbocycles. The Labute approximate surface area is 137 Å². The van der Waals surface area contributed by atoms with Gasteiger partial charge in [-0.15, -0.1) is 0 Å². The fourth-order valence-corrected chi connectivity index (χ4v) is 4.09. The number of hydrogen-bond acceptors (Lipinski definition) is 0. The molecule has 1 atom stereocenters. The van der Waals surface area contributed by atoms with Crippen molar-refractivity contribution in [3.8, 4) is 0 Å². The highest BCUT2D eigenvalue weighted by molar-refractivity contribution is 14.1. The summed E-state index contributed by atoms with van der Waals surface area (Å²) in [5.41, 5.74) is 1.86. The second-order valence-corrected chi connectivity index (χ2v) is 8.58. The molecule has 0 nitrogen and oxygen atoms in total. The average molecular weight is 380 g/mol. The Morgan fingerprint density at radius 2 is 1.60 bits per heavy atom. The zero-order valence-electron chi connectivity index (χ0n) is 13.2. The van der Waals surface area contributed by atoms with Crippen LogP contribution in [0, 0.1) is 10.8 Å². The number of rotatable bonds is 2.